The number of nitrogens with one attached hydrogen (secondary N) is 2. The Morgan fingerprint density at radius 3 is 2.65 bits per heavy atom. The van der Waals surface area contributed by atoms with E-state index < -0.39 is 24.0 Å². The molecule has 8 heteroatoms. The van der Waals surface area contributed by atoms with Gasteiger partial charge in [-0.25, -0.2) is 4.79 Å². The summed E-state index contributed by atoms with van der Waals surface area (Å²) in [6, 6.07) is 9.69. The molecule has 1 aliphatic heterocycles. The van der Waals surface area contributed by atoms with Crippen molar-refractivity contribution in [3.63, 3.8) is 0 Å². The number of aryl methyl sites for hydroxylation is 2. The fraction of sp³-hybridized carbons (Fsp3) is 0.500. The number of ether oxygens (including phenoxy) is 1. The monoisotopic (exact) mass is 544 g/mol. The number of fused-ring (bicyclic) bond motifs is 2. The molecule has 40 heavy (non-hydrogen) atoms. The molecule has 8 nitrogen and oxygen atoms in total. The molecule has 0 bridgehead atoms. The van der Waals surface area contributed by atoms with E-state index in [1.807, 2.05) is 44.2 Å². The molecule has 5 atom stereocenters. The fourth-order valence-corrected chi connectivity index (χ4v) is 6.01. The largest absolute Gasteiger partial charge is 0.446 e. The molecular formula is C32H40N4O4. The van der Waals surface area contributed by atoms with Crippen LogP contribution < -0.4 is 10.6 Å². The molecule has 2 aromatic rings. The van der Waals surface area contributed by atoms with E-state index in [0.717, 1.165) is 48.1 Å². The number of hydrogen-bond acceptors (Lipinski definition) is 5. The number of pyridine rings is 1. The SMILES string of the molecule is Cc1ccc(-c2ccc(C)cc2NC(=O)O[C@@H]2C[C@H]3C(=O)N[C@]4(C)C[C@H]4/C=C\CCCCN(C)C(=O)[C@@H]3C2)nc1. The Kier molecular flexibility index (Phi) is 7.97. The Labute approximate surface area is 236 Å². The molecule has 2 N–H and O–H groups in total. The second-order valence-electron chi connectivity index (χ2n) is 12.0. The molecule has 2 aliphatic carbocycles. The lowest BCUT2D eigenvalue weighted by atomic mass is 9.93. The van der Waals surface area contributed by atoms with Gasteiger partial charge in [-0.15, -0.1) is 0 Å². The van der Waals surface area contributed by atoms with Gasteiger partial charge < -0.3 is 15.0 Å². The van der Waals surface area contributed by atoms with Gasteiger partial charge >= 0.3 is 6.09 Å². The van der Waals surface area contributed by atoms with Crippen LogP contribution in [0.15, 0.2) is 48.7 Å². The molecule has 2 fully saturated rings. The highest BCUT2D eigenvalue weighted by atomic mass is 16.6. The quantitative estimate of drug-likeness (QED) is 0.504. The van der Waals surface area contributed by atoms with Gasteiger partial charge in [0.15, 0.2) is 0 Å². The second kappa shape index (κ2) is 11.4. The Morgan fingerprint density at radius 2 is 1.88 bits per heavy atom. The summed E-state index contributed by atoms with van der Waals surface area (Å²) < 4.78 is 5.85. The van der Waals surface area contributed by atoms with Crippen LogP contribution in [0.2, 0.25) is 0 Å². The molecule has 1 aromatic carbocycles. The number of rotatable bonds is 3. The van der Waals surface area contributed by atoms with Crippen molar-refractivity contribution in [3.8, 4) is 11.3 Å². The van der Waals surface area contributed by atoms with E-state index in [2.05, 4.69) is 34.7 Å². The van der Waals surface area contributed by atoms with Crippen molar-refractivity contribution in [1.29, 1.82) is 0 Å². The molecule has 1 aromatic heterocycles. The number of nitrogens with zero attached hydrogens (tertiary/aromatic N) is 2. The molecule has 0 radical (unpaired) electrons. The molecule has 2 saturated carbocycles. The summed E-state index contributed by atoms with van der Waals surface area (Å²) in [6.45, 7) is 6.64. The van der Waals surface area contributed by atoms with E-state index in [4.69, 9.17) is 4.74 Å². The zero-order valence-electron chi connectivity index (χ0n) is 23.9. The van der Waals surface area contributed by atoms with Crippen LogP contribution in [0.25, 0.3) is 11.3 Å². The van der Waals surface area contributed by atoms with Crippen molar-refractivity contribution in [2.24, 2.45) is 17.8 Å². The molecule has 0 spiro atoms. The Hall–Kier alpha value is -3.68. The first kappa shape index (κ1) is 27.9. The van der Waals surface area contributed by atoms with Gasteiger partial charge in [-0.2, -0.15) is 0 Å². The van der Waals surface area contributed by atoms with E-state index in [0.29, 0.717) is 31.0 Å². The number of hydrogen-bond donors (Lipinski definition) is 2. The molecule has 5 rings (SSSR count). The maximum Gasteiger partial charge on any atom is 0.411 e. The van der Waals surface area contributed by atoms with E-state index in [1.54, 1.807) is 18.1 Å². The fourth-order valence-electron chi connectivity index (χ4n) is 6.01. The molecule has 0 unspecified atom stereocenters. The summed E-state index contributed by atoms with van der Waals surface area (Å²) in [5, 5.41) is 6.11. The molecular weight excluding hydrogens is 504 g/mol. The van der Waals surface area contributed by atoms with Crippen LogP contribution in [0.1, 0.15) is 56.6 Å². The highest BCUT2D eigenvalue weighted by molar-refractivity contribution is 5.92. The van der Waals surface area contributed by atoms with E-state index in [1.165, 1.54) is 0 Å². The Bertz CT molecular complexity index is 1310. The van der Waals surface area contributed by atoms with E-state index in [-0.39, 0.29) is 17.4 Å². The maximum absolute atomic E-state index is 13.5. The number of carbonyl (C=O) groups excluding carboxylic acids is 3. The third-order valence-corrected chi connectivity index (χ3v) is 8.62. The first-order valence-electron chi connectivity index (χ1n) is 14.4. The minimum absolute atomic E-state index is 0.0526. The number of benzene rings is 1. The van der Waals surface area contributed by atoms with E-state index in [9.17, 15) is 14.4 Å². The van der Waals surface area contributed by atoms with Crippen LogP contribution in [0, 0.1) is 31.6 Å². The second-order valence-corrected chi connectivity index (χ2v) is 12.0. The van der Waals surface area contributed by atoms with Crippen molar-refractivity contribution >= 4 is 23.6 Å². The topological polar surface area (TPSA) is 101 Å². The average Bonchev–Trinajstić information content (AvgIpc) is 3.34. The predicted octanol–water partition coefficient (Wildman–Crippen LogP) is 5.40. The van der Waals surface area contributed by atoms with Crippen molar-refractivity contribution < 1.29 is 19.1 Å². The maximum atomic E-state index is 13.5. The van der Waals surface area contributed by atoms with Crippen molar-refractivity contribution in [2.45, 2.75) is 70.9 Å². The smallest absolute Gasteiger partial charge is 0.411 e. The summed E-state index contributed by atoms with van der Waals surface area (Å²) in [5.74, 6) is -0.914. The molecule has 2 heterocycles. The minimum atomic E-state index is -0.602. The lowest BCUT2D eigenvalue weighted by Gasteiger charge is -2.26. The Morgan fingerprint density at radius 1 is 1.10 bits per heavy atom. The first-order chi connectivity index (χ1) is 19.1. The van der Waals surface area contributed by atoms with Crippen molar-refractivity contribution in [3.05, 3.63) is 59.8 Å². The summed E-state index contributed by atoms with van der Waals surface area (Å²) in [4.78, 5) is 46.3. The van der Waals surface area contributed by atoms with Crippen LogP contribution >= 0.6 is 0 Å². The number of allylic oxidation sites excluding steroid dienone is 1. The van der Waals surface area contributed by atoms with Gasteiger partial charge in [-0.1, -0.05) is 30.4 Å². The number of anilines is 1. The zero-order valence-corrected chi connectivity index (χ0v) is 23.9. The highest BCUT2D eigenvalue weighted by Crippen LogP contribution is 2.45. The normalized spacial score (nSPS) is 29.4. The summed E-state index contributed by atoms with van der Waals surface area (Å²) in [7, 11) is 1.80. The summed E-state index contributed by atoms with van der Waals surface area (Å²) in [6.07, 6.45) is 9.52. The molecule has 212 valence electrons. The van der Waals surface area contributed by atoms with Crippen molar-refractivity contribution in [2.75, 3.05) is 18.9 Å². The standard InChI is InChI=1S/C32H40N4O4/c1-20-10-12-24(27-13-11-21(2)19-33-27)28(15-20)34-31(39)40-23-16-25-26(17-23)30(38)36(4)14-8-6-5-7-9-22-18-32(22,3)35-29(25)37/h7,9-13,15,19,22-23,25-26H,5-6,8,14,16-18H2,1-4H3,(H,34,39)(H,35,37)/b9-7-/t22-,23-,25-,26-,32-/m1/s1. The first-order valence-corrected chi connectivity index (χ1v) is 14.4. The number of carbonyl (C=O) groups is 3. The van der Waals surface area contributed by atoms with Crippen molar-refractivity contribution in [1.82, 2.24) is 15.2 Å². The summed E-state index contributed by atoms with van der Waals surface area (Å²) in [5.41, 5.74) is 3.90. The average molecular weight is 545 g/mol. The molecule has 3 amide bonds. The van der Waals surface area contributed by atoms with Gasteiger partial charge in [-0.05, 0) is 82.6 Å². The van der Waals surface area contributed by atoms with Gasteiger partial charge in [0.25, 0.3) is 0 Å². The zero-order chi connectivity index (χ0) is 28.4. The van der Waals surface area contributed by atoms with Crippen LogP contribution in [-0.4, -0.2) is 53.0 Å². The lowest BCUT2D eigenvalue weighted by Crippen LogP contribution is -2.44. The highest BCUT2D eigenvalue weighted by Gasteiger charge is 2.52. The van der Waals surface area contributed by atoms with Gasteiger partial charge in [0.05, 0.1) is 23.2 Å². The predicted molar refractivity (Wildman–Crippen MR) is 155 cm³/mol. The van der Waals surface area contributed by atoms with Gasteiger partial charge in [0.2, 0.25) is 11.8 Å². The lowest BCUT2D eigenvalue weighted by molar-refractivity contribution is -0.140. The van der Waals surface area contributed by atoms with Crippen LogP contribution in [0.3, 0.4) is 0 Å². The van der Waals surface area contributed by atoms with Crippen LogP contribution in [-0.2, 0) is 14.3 Å². The van der Waals surface area contributed by atoms with Crippen LogP contribution in [0.5, 0.6) is 0 Å². The van der Waals surface area contributed by atoms with Gasteiger partial charge in [-0.3, -0.25) is 19.9 Å². The van der Waals surface area contributed by atoms with E-state index >= 15 is 0 Å². The van der Waals surface area contributed by atoms with Gasteiger partial charge in [0.1, 0.15) is 6.10 Å². The number of aromatic nitrogens is 1. The molecule has 0 saturated heterocycles. The minimum Gasteiger partial charge on any atom is -0.446 e. The number of amides is 3. The van der Waals surface area contributed by atoms with Gasteiger partial charge in [0, 0.05) is 36.8 Å². The molecule has 3 aliphatic rings. The Balaban J connectivity index is 1.31. The third kappa shape index (κ3) is 6.21. The third-order valence-electron chi connectivity index (χ3n) is 8.62. The summed E-state index contributed by atoms with van der Waals surface area (Å²) >= 11 is 0. The van der Waals surface area contributed by atoms with Crippen LogP contribution in [0.4, 0.5) is 10.5 Å².